The highest BCUT2D eigenvalue weighted by atomic mass is 79.9. The largest absolute Gasteiger partial charge is 0.370 e. The summed E-state index contributed by atoms with van der Waals surface area (Å²) in [6.45, 7) is 6.51. The standard InChI is InChI=1S/C12H17BrClN/c1-3-7-15(8-4-2)12-6-5-10(13)9-11(12)14/h5-6,9H,3-4,7-8H2,1-2H3. The highest BCUT2D eigenvalue weighted by Crippen LogP contribution is 2.29. The maximum Gasteiger partial charge on any atom is 0.0650 e. The Morgan fingerprint density at radius 1 is 1.20 bits per heavy atom. The molecule has 0 radical (unpaired) electrons. The van der Waals surface area contributed by atoms with E-state index in [1.165, 1.54) is 0 Å². The Bertz CT molecular complexity index is 308. The van der Waals surface area contributed by atoms with Crippen molar-refractivity contribution in [1.82, 2.24) is 0 Å². The topological polar surface area (TPSA) is 3.24 Å². The third kappa shape index (κ3) is 3.69. The fourth-order valence-corrected chi connectivity index (χ4v) is 2.42. The van der Waals surface area contributed by atoms with Crippen molar-refractivity contribution in [3.8, 4) is 0 Å². The van der Waals surface area contributed by atoms with E-state index in [0.717, 1.165) is 41.1 Å². The quantitative estimate of drug-likeness (QED) is 0.758. The number of benzene rings is 1. The first kappa shape index (κ1) is 12.9. The minimum absolute atomic E-state index is 0.825. The molecule has 0 aliphatic rings. The third-order valence-corrected chi connectivity index (χ3v) is 3.03. The molecule has 0 heterocycles. The first-order valence-electron chi connectivity index (χ1n) is 5.39. The van der Waals surface area contributed by atoms with Crippen LogP contribution in [0.4, 0.5) is 5.69 Å². The second-order valence-electron chi connectivity index (χ2n) is 3.58. The van der Waals surface area contributed by atoms with E-state index >= 15 is 0 Å². The van der Waals surface area contributed by atoms with Gasteiger partial charge in [0, 0.05) is 17.6 Å². The van der Waals surface area contributed by atoms with E-state index < -0.39 is 0 Å². The van der Waals surface area contributed by atoms with Gasteiger partial charge in [-0.3, -0.25) is 0 Å². The number of hydrogen-bond acceptors (Lipinski definition) is 1. The van der Waals surface area contributed by atoms with Gasteiger partial charge in [-0.1, -0.05) is 41.4 Å². The van der Waals surface area contributed by atoms with Gasteiger partial charge in [0.05, 0.1) is 10.7 Å². The first-order valence-corrected chi connectivity index (χ1v) is 6.56. The summed E-state index contributed by atoms with van der Waals surface area (Å²) in [7, 11) is 0. The van der Waals surface area contributed by atoms with E-state index in [1.54, 1.807) is 0 Å². The van der Waals surface area contributed by atoms with Crippen LogP contribution in [0.3, 0.4) is 0 Å². The van der Waals surface area contributed by atoms with Crippen LogP contribution in [-0.2, 0) is 0 Å². The Labute approximate surface area is 106 Å². The van der Waals surface area contributed by atoms with Gasteiger partial charge in [0.1, 0.15) is 0 Å². The maximum absolute atomic E-state index is 6.22. The zero-order valence-electron chi connectivity index (χ0n) is 9.26. The van der Waals surface area contributed by atoms with Crippen molar-refractivity contribution in [3.63, 3.8) is 0 Å². The predicted molar refractivity (Wildman–Crippen MR) is 71.9 cm³/mol. The molecule has 0 bridgehead atoms. The second kappa shape index (κ2) is 6.39. The monoisotopic (exact) mass is 289 g/mol. The number of hydrogen-bond donors (Lipinski definition) is 0. The van der Waals surface area contributed by atoms with Gasteiger partial charge in [-0.05, 0) is 31.0 Å². The molecule has 0 aliphatic carbocycles. The van der Waals surface area contributed by atoms with E-state index in [-0.39, 0.29) is 0 Å². The molecule has 0 amide bonds. The molecule has 0 N–H and O–H groups in total. The molecule has 1 nitrogen and oxygen atoms in total. The Morgan fingerprint density at radius 2 is 1.80 bits per heavy atom. The van der Waals surface area contributed by atoms with Crippen LogP contribution in [0.1, 0.15) is 26.7 Å². The molecule has 0 aromatic heterocycles. The summed E-state index contributed by atoms with van der Waals surface area (Å²) in [4.78, 5) is 2.34. The number of nitrogens with zero attached hydrogens (tertiary/aromatic N) is 1. The van der Waals surface area contributed by atoms with Gasteiger partial charge < -0.3 is 4.90 Å². The Balaban J connectivity index is 2.89. The van der Waals surface area contributed by atoms with Crippen molar-refractivity contribution in [2.75, 3.05) is 18.0 Å². The van der Waals surface area contributed by atoms with Gasteiger partial charge in [-0.25, -0.2) is 0 Å². The summed E-state index contributed by atoms with van der Waals surface area (Å²) in [5, 5.41) is 0.825. The lowest BCUT2D eigenvalue weighted by atomic mass is 10.2. The average molecular weight is 291 g/mol. The smallest absolute Gasteiger partial charge is 0.0650 e. The van der Waals surface area contributed by atoms with Crippen LogP contribution in [0.25, 0.3) is 0 Å². The SMILES string of the molecule is CCCN(CCC)c1ccc(Br)cc1Cl. The summed E-state index contributed by atoms with van der Waals surface area (Å²) in [6, 6.07) is 6.08. The second-order valence-corrected chi connectivity index (χ2v) is 4.91. The molecule has 0 aliphatic heterocycles. The first-order chi connectivity index (χ1) is 7.19. The van der Waals surface area contributed by atoms with Crippen LogP contribution in [0.2, 0.25) is 5.02 Å². The van der Waals surface area contributed by atoms with E-state index in [2.05, 4.69) is 40.7 Å². The summed E-state index contributed by atoms with van der Waals surface area (Å²) in [6.07, 6.45) is 2.29. The van der Waals surface area contributed by atoms with Crippen molar-refractivity contribution in [1.29, 1.82) is 0 Å². The lowest BCUT2D eigenvalue weighted by Crippen LogP contribution is -2.25. The highest BCUT2D eigenvalue weighted by Gasteiger charge is 2.08. The number of rotatable bonds is 5. The zero-order chi connectivity index (χ0) is 11.3. The molecule has 0 saturated heterocycles. The van der Waals surface area contributed by atoms with E-state index in [9.17, 15) is 0 Å². The number of halogens is 2. The average Bonchev–Trinajstić information content (AvgIpc) is 2.17. The normalized spacial score (nSPS) is 10.4. The minimum atomic E-state index is 0.825. The Hall–Kier alpha value is -0.210. The molecular weight excluding hydrogens is 273 g/mol. The molecule has 0 saturated carbocycles. The van der Waals surface area contributed by atoms with E-state index in [0.29, 0.717) is 0 Å². The van der Waals surface area contributed by atoms with Crippen LogP contribution < -0.4 is 4.90 Å². The molecule has 1 aromatic rings. The molecule has 15 heavy (non-hydrogen) atoms. The lowest BCUT2D eigenvalue weighted by molar-refractivity contribution is 0.745. The third-order valence-electron chi connectivity index (χ3n) is 2.24. The van der Waals surface area contributed by atoms with Crippen LogP contribution in [0, 0.1) is 0 Å². The van der Waals surface area contributed by atoms with Crippen molar-refractivity contribution < 1.29 is 0 Å². The molecule has 1 rings (SSSR count). The van der Waals surface area contributed by atoms with Crippen LogP contribution in [0.5, 0.6) is 0 Å². The number of anilines is 1. The summed E-state index contributed by atoms with van der Waals surface area (Å²) >= 11 is 9.64. The molecule has 0 unspecified atom stereocenters. The minimum Gasteiger partial charge on any atom is -0.370 e. The van der Waals surface area contributed by atoms with Crippen molar-refractivity contribution in [2.24, 2.45) is 0 Å². The molecule has 3 heteroatoms. The summed E-state index contributed by atoms with van der Waals surface area (Å²) < 4.78 is 1.03. The summed E-state index contributed by atoms with van der Waals surface area (Å²) in [5.74, 6) is 0. The lowest BCUT2D eigenvalue weighted by Gasteiger charge is -2.24. The fraction of sp³-hybridized carbons (Fsp3) is 0.500. The molecular formula is C12H17BrClN. The van der Waals surface area contributed by atoms with Gasteiger partial charge >= 0.3 is 0 Å². The van der Waals surface area contributed by atoms with Gasteiger partial charge in [-0.2, -0.15) is 0 Å². The van der Waals surface area contributed by atoms with E-state index in [4.69, 9.17) is 11.6 Å². The fourth-order valence-electron chi connectivity index (χ4n) is 1.63. The van der Waals surface area contributed by atoms with Gasteiger partial charge in [0.15, 0.2) is 0 Å². The molecule has 0 fully saturated rings. The van der Waals surface area contributed by atoms with Crippen LogP contribution in [-0.4, -0.2) is 13.1 Å². The van der Waals surface area contributed by atoms with Crippen molar-refractivity contribution >= 4 is 33.2 Å². The molecule has 0 atom stereocenters. The van der Waals surface area contributed by atoms with Gasteiger partial charge in [-0.15, -0.1) is 0 Å². The molecule has 84 valence electrons. The van der Waals surface area contributed by atoms with Gasteiger partial charge in [0.25, 0.3) is 0 Å². The predicted octanol–water partition coefficient (Wildman–Crippen LogP) is 4.73. The molecule has 0 spiro atoms. The molecule has 1 aromatic carbocycles. The summed E-state index contributed by atoms with van der Waals surface area (Å²) in [5.41, 5.74) is 1.14. The van der Waals surface area contributed by atoms with E-state index in [1.807, 2.05) is 12.1 Å². The van der Waals surface area contributed by atoms with Gasteiger partial charge in [0.2, 0.25) is 0 Å². The highest BCUT2D eigenvalue weighted by molar-refractivity contribution is 9.10. The van der Waals surface area contributed by atoms with Crippen LogP contribution >= 0.6 is 27.5 Å². The zero-order valence-corrected chi connectivity index (χ0v) is 11.6. The van der Waals surface area contributed by atoms with Crippen LogP contribution in [0.15, 0.2) is 22.7 Å². The Kier molecular flexibility index (Phi) is 5.48. The van der Waals surface area contributed by atoms with Crippen molar-refractivity contribution in [3.05, 3.63) is 27.7 Å². The maximum atomic E-state index is 6.22. The van der Waals surface area contributed by atoms with Crippen molar-refractivity contribution in [2.45, 2.75) is 26.7 Å². The Morgan fingerprint density at radius 3 is 2.27 bits per heavy atom.